The van der Waals surface area contributed by atoms with Gasteiger partial charge in [-0.25, -0.2) is 0 Å². The van der Waals surface area contributed by atoms with Crippen LogP contribution >= 0.6 is 12.4 Å². The molecule has 0 atom stereocenters. The molecular weight excluding hydrogens is 306 g/mol. The molecule has 1 fully saturated rings. The summed E-state index contributed by atoms with van der Waals surface area (Å²) in [4.78, 5) is 20.3. The molecule has 0 radical (unpaired) electrons. The lowest BCUT2D eigenvalue weighted by molar-refractivity contribution is -0.132. The van der Waals surface area contributed by atoms with E-state index in [0.29, 0.717) is 24.9 Å². The van der Waals surface area contributed by atoms with Crippen molar-refractivity contribution in [2.75, 3.05) is 39.8 Å². The number of likely N-dealkylation sites (N-methyl/N-ethyl adjacent to an activating group) is 1. The van der Waals surface area contributed by atoms with E-state index < -0.39 is 0 Å². The van der Waals surface area contributed by atoms with Gasteiger partial charge in [-0.15, -0.1) is 12.4 Å². The predicted molar refractivity (Wildman–Crippen MR) is 85.9 cm³/mol. The zero-order chi connectivity index (χ0) is 15.2. The van der Waals surface area contributed by atoms with Gasteiger partial charge in [0.1, 0.15) is 0 Å². The van der Waals surface area contributed by atoms with Crippen LogP contribution in [0.25, 0.3) is 0 Å². The van der Waals surface area contributed by atoms with Crippen molar-refractivity contribution in [1.82, 2.24) is 25.3 Å². The van der Waals surface area contributed by atoms with Crippen LogP contribution in [0.15, 0.2) is 4.52 Å². The first-order chi connectivity index (χ1) is 10.0. The van der Waals surface area contributed by atoms with Crippen molar-refractivity contribution in [2.45, 2.75) is 26.8 Å². The Kier molecular flexibility index (Phi) is 7.78. The van der Waals surface area contributed by atoms with Gasteiger partial charge in [0, 0.05) is 32.6 Å². The van der Waals surface area contributed by atoms with Gasteiger partial charge in [0.15, 0.2) is 5.82 Å². The second-order valence-corrected chi connectivity index (χ2v) is 6.01. The summed E-state index contributed by atoms with van der Waals surface area (Å²) in [7, 11) is 1.90. The SMILES string of the molecule is CC(C)Cc1noc(CN(C)CC(=O)N2CCNCC2)n1.Cl. The van der Waals surface area contributed by atoms with Crippen LogP contribution in [-0.4, -0.2) is 65.6 Å². The summed E-state index contributed by atoms with van der Waals surface area (Å²) in [5, 5.41) is 7.20. The number of rotatable bonds is 6. The lowest BCUT2D eigenvalue weighted by Gasteiger charge is -2.28. The highest BCUT2D eigenvalue weighted by Crippen LogP contribution is 2.06. The van der Waals surface area contributed by atoms with Crippen LogP contribution in [0.5, 0.6) is 0 Å². The average molecular weight is 332 g/mol. The first-order valence-corrected chi connectivity index (χ1v) is 7.53. The molecule has 0 saturated carbocycles. The summed E-state index contributed by atoms with van der Waals surface area (Å²) >= 11 is 0. The van der Waals surface area contributed by atoms with Crippen molar-refractivity contribution >= 4 is 18.3 Å². The van der Waals surface area contributed by atoms with Crippen molar-refractivity contribution < 1.29 is 9.32 Å². The van der Waals surface area contributed by atoms with Gasteiger partial charge < -0.3 is 14.7 Å². The number of amides is 1. The second kappa shape index (κ2) is 9.07. The van der Waals surface area contributed by atoms with Crippen LogP contribution in [0.4, 0.5) is 0 Å². The molecule has 1 amide bonds. The van der Waals surface area contributed by atoms with Crippen molar-refractivity contribution in [3.63, 3.8) is 0 Å². The zero-order valence-corrected chi connectivity index (χ0v) is 14.4. The Morgan fingerprint density at radius 2 is 2.09 bits per heavy atom. The molecule has 1 N–H and O–H groups in total. The maximum atomic E-state index is 12.1. The Morgan fingerprint density at radius 3 is 2.73 bits per heavy atom. The fourth-order valence-electron chi connectivity index (χ4n) is 2.33. The van der Waals surface area contributed by atoms with Crippen LogP contribution in [-0.2, 0) is 17.8 Å². The Balaban J connectivity index is 0.00000242. The monoisotopic (exact) mass is 331 g/mol. The highest BCUT2D eigenvalue weighted by Gasteiger charge is 2.18. The Hall–Kier alpha value is -1.18. The van der Waals surface area contributed by atoms with Gasteiger partial charge in [0.25, 0.3) is 0 Å². The molecule has 8 heteroatoms. The highest BCUT2D eigenvalue weighted by atomic mass is 35.5. The molecule has 7 nitrogen and oxygen atoms in total. The van der Waals surface area contributed by atoms with Crippen molar-refractivity contribution in [2.24, 2.45) is 5.92 Å². The molecule has 0 spiro atoms. The fraction of sp³-hybridized carbons (Fsp3) is 0.786. The molecule has 1 aliphatic heterocycles. The first-order valence-electron chi connectivity index (χ1n) is 7.53. The van der Waals surface area contributed by atoms with Gasteiger partial charge in [-0.2, -0.15) is 4.98 Å². The minimum absolute atomic E-state index is 0. The third-order valence-electron chi connectivity index (χ3n) is 3.38. The molecule has 1 aromatic heterocycles. The lowest BCUT2D eigenvalue weighted by atomic mass is 10.1. The van der Waals surface area contributed by atoms with E-state index in [1.807, 2.05) is 16.8 Å². The molecular formula is C14H26ClN5O2. The normalized spacial score (nSPS) is 15.2. The minimum atomic E-state index is 0. The van der Waals surface area contributed by atoms with Gasteiger partial charge in [-0.05, 0) is 13.0 Å². The van der Waals surface area contributed by atoms with Gasteiger partial charge in [0.05, 0.1) is 13.1 Å². The van der Waals surface area contributed by atoms with Crippen LogP contribution in [0.3, 0.4) is 0 Å². The Labute approximate surface area is 137 Å². The number of aromatic nitrogens is 2. The molecule has 1 aliphatic rings. The van der Waals surface area contributed by atoms with E-state index in [-0.39, 0.29) is 18.3 Å². The Morgan fingerprint density at radius 1 is 1.41 bits per heavy atom. The summed E-state index contributed by atoms with van der Waals surface area (Å²) in [5.74, 6) is 1.96. The molecule has 0 bridgehead atoms. The number of carbonyl (C=O) groups is 1. The van der Waals surface area contributed by atoms with Gasteiger partial charge in [-0.3, -0.25) is 9.69 Å². The number of hydrogen-bond donors (Lipinski definition) is 1. The zero-order valence-electron chi connectivity index (χ0n) is 13.5. The summed E-state index contributed by atoms with van der Waals surface area (Å²) in [6.07, 6.45) is 0.812. The predicted octanol–water partition coefficient (Wildman–Crippen LogP) is 0.554. The first kappa shape index (κ1) is 18.9. The van der Waals surface area contributed by atoms with Gasteiger partial charge >= 0.3 is 0 Å². The van der Waals surface area contributed by atoms with Gasteiger partial charge in [-0.1, -0.05) is 19.0 Å². The molecule has 2 rings (SSSR count). The van der Waals surface area contributed by atoms with E-state index >= 15 is 0 Å². The number of hydrogen-bond acceptors (Lipinski definition) is 6. The number of nitrogens with zero attached hydrogens (tertiary/aromatic N) is 4. The van der Waals surface area contributed by atoms with E-state index in [4.69, 9.17) is 4.52 Å². The van der Waals surface area contributed by atoms with Crippen LogP contribution < -0.4 is 5.32 Å². The molecule has 1 saturated heterocycles. The van der Waals surface area contributed by atoms with E-state index in [1.54, 1.807) is 0 Å². The molecule has 126 valence electrons. The number of carbonyl (C=O) groups excluding carboxylic acids is 1. The topological polar surface area (TPSA) is 74.5 Å². The van der Waals surface area contributed by atoms with Crippen LogP contribution in [0.2, 0.25) is 0 Å². The van der Waals surface area contributed by atoms with Crippen molar-refractivity contribution in [3.05, 3.63) is 11.7 Å². The van der Waals surface area contributed by atoms with E-state index in [9.17, 15) is 4.79 Å². The second-order valence-electron chi connectivity index (χ2n) is 6.01. The van der Waals surface area contributed by atoms with Crippen molar-refractivity contribution in [3.8, 4) is 0 Å². The van der Waals surface area contributed by atoms with Crippen LogP contribution in [0.1, 0.15) is 25.6 Å². The van der Waals surface area contributed by atoms with Crippen molar-refractivity contribution in [1.29, 1.82) is 0 Å². The molecule has 2 heterocycles. The molecule has 0 unspecified atom stereocenters. The molecule has 22 heavy (non-hydrogen) atoms. The maximum absolute atomic E-state index is 12.1. The summed E-state index contributed by atoms with van der Waals surface area (Å²) in [6.45, 7) is 8.43. The average Bonchev–Trinajstić information content (AvgIpc) is 2.85. The van der Waals surface area contributed by atoms with E-state index in [2.05, 4.69) is 29.3 Å². The third kappa shape index (κ3) is 5.90. The fourth-order valence-corrected chi connectivity index (χ4v) is 2.33. The Bertz CT molecular complexity index is 460. The van der Waals surface area contributed by atoms with E-state index in [0.717, 1.165) is 38.4 Å². The largest absolute Gasteiger partial charge is 0.339 e. The lowest BCUT2D eigenvalue weighted by Crippen LogP contribution is -2.49. The third-order valence-corrected chi connectivity index (χ3v) is 3.38. The summed E-state index contributed by atoms with van der Waals surface area (Å²) in [5.41, 5.74) is 0. The highest BCUT2D eigenvalue weighted by molar-refractivity contribution is 5.85. The van der Waals surface area contributed by atoms with E-state index in [1.165, 1.54) is 0 Å². The standard InChI is InChI=1S/C14H25N5O2.ClH/c1-11(2)8-12-16-13(21-17-12)9-18(3)10-14(20)19-6-4-15-5-7-19;/h11,15H,4-10H2,1-3H3;1H. The quantitative estimate of drug-likeness (QED) is 0.820. The molecule has 0 aromatic carbocycles. The number of halogens is 1. The maximum Gasteiger partial charge on any atom is 0.240 e. The summed E-state index contributed by atoms with van der Waals surface area (Å²) < 4.78 is 5.23. The minimum Gasteiger partial charge on any atom is -0.339 e. The van der Waals surface area contributed by atoms with Gasteiger partial charge in [0.2, 0.25) is 11.8 Å². The number of piperazine rings is 1. The van der Waals surface area contributed by atoms with Crippen LogP contribution in [0, 0.1) is 5.92 Å². The molecule has 0 aliphatic carbocycles. The smallest absolute Gasteiger partial charge is 0.240 e. The summed E-state index contributed by atoms with van der Waals surface area (Å²) in [6, 6.07) is 0. The molecule has 1 aromatic rings. The number of nitrogens with one attached hydrogen (secondary N) is 1.